The number of carboxylic acids is 1. The molecule has 0 aromatic heterocycles. The Hall–Kier alpha value is -3.28. The van der Waals surface area contributed by atoms with Gasteiger partial charge in [0.05, 0.1) is 0 Å². The molecule has 1 amide bonds. The first-order valence-electron chi connectivity index (χ1n) is 6.81. The molecule has 0 saturated carbocycles. The monoisotopic (exact) mass is 309 g/mol. The summed E-state index contributed by atoms with van der Waals surface area (Å²) in [7, 11) is 0. The summed E-state index contributed by atoms with van der Waals surface area (Å²) in [5.74, 6) is -2.39. The molecule has 0 spiro atoms. The number of carbonyl (C=O) groups is 4. The van der Waals surface area contributed by atoms with Gasteiger partial charge in [0.25, 0.3) is 5.91 Å². The van der Waals surface area contributed by atoms with Crippen molar-refractivity contribution in [1.82, 2.24) is 5.32 Å². The first-order chi connectivity index (χ1) is 11.0. The van der Waals surface area contributed by atoms with Crippen LogP contribution in [0.5, 0.6) is 0 Å². The summed E-state index contributed by atoms with van der Waals surface area (Å²) >= 11 is 0. The van der Waals surface area contributed by atoms with Crippen LogP contribution in [0, 0.1) is 0 Å². The Morgan fingerprint density at radius 1 is 0.870 bits per heavy atom. The molecule has 23 heavy (non-hydrogen) atoms. The molecule has 0 unspecified atom stereocenters. The topological polar surface area (TPSA) is 101 Å². The molecule has 0 heterocycles. The minimum absolute atomic E-state index is 0.130. The average Bonchev–Trinajstić information content (AvgIpc) is 2.57. The molecule has 2 N–H and O–H groups in total. The minimum atomic E-state index is -1.17. The van der Waals surface area contributed by atoms with Gasteiger partial charge < -0.3 is 10.4 Å². The lowest BCUT2D eigenvalue weighted by molar-refractivity contribution is -0.135. The lowest BCUT2D eigenvalue weighted by Crippen LogP contribution is -2.30. The molecule has 6 heteroatoms. The Bertz CT molecular complexity index is 869. The molecule has 0 aliphatic heterocycles. The van der Waals surface area contributed by atoms with Crippen LogP contribution in [0.2, 0.25) is 0 Å². The van der Waals surface area contributed by atoms with Gasteiger partial charge >= 0.3 is 5.97 Å². The summed E-state index contributed by atoms with van der Waals surface area (Å²) in [6.07, 6.45) is 0. The number of nitrogens with one attached hydrogen (secondary N) is 1. The normalized spacial score (nSPS) is 12.3. The highest BCUT2D eigenvalue weighted by Gasteiger charge is 2.29. The molecule has 2 aromatic rings. The number of aliphatic carboxylic acids is 1. The molecule has 1 aliphatic carbocycles. The van der Waals surface area contributed by atoms with Crippen molar-refractivity contribution in [2.24, 2.45) is 0 Å². The van der Waals surface area contributed by atoms with Gasteiger partial charge in [0.15, 0.2) is 11.6 Å². The van der Waals surface area contributed by atoms with Crippen LogP contribution in [0.3, 0.4) is 0 Å². The van der Waals surface area contributed by atoms with Crippen LogP contribution in [0.1, 0.15) is 42.2 Å². The maximum absolute atomic E-state index is 12.5. The Morgan fingerprint density at radius 3 is 2.04 bits per heavy atom. The third-order valence-electron chi connectivity index (χ3n) is 3.59. The maximum atomic E-state index is 12.5. The van der Waals surface area contributed by atoms with E-state index in [1.165, 1.54) is 18.2 Å². The largest absolute Gasteiger partial charge is 0.480 e. The number of fused-ring (bicyclic) bond motifs is 2. The van der Waals surface area contributed by atoms with Crippen LogP contribution in [0.25, 0.3) is 0 Å². The number of rotatable bonds is 3. The molecule has 6 nitrogen and oxygen atoms in total. The molecule has 0 bridgehead atoms. The summed E-state index contributed by atoms with van der Waals surface area (Å²) in [4.78, 5) is 47.3. The molecular weight excluding hydrogens is 298 g/mol. The van der Waals surface area contributed by atoms with E-state index in [0.717, 1.165) is 0 Å². The van der Waals surface area contributed by atoms with Crippen LogP contribution in [-0.2, 0) is 4.79 Å². The quantitative estimate of drug-likeness (QED) is 0.759. The zero-order chi connectivity index (χ0) is 16.6. The van der Waals surface area contributed by atoms with E-state index < -0.39 is 18.4 Å². The van der Waals surface area contributed by atoms with Crippen LogP contribution < -0.4 is 5.32 Å². The number of hydrogen-bond donors (Lipinski definition) is 2. The predicted octanol–water partition coefficient (Wildman–Crippen LogP) is 1.28. The van der Waals surface area contributed by atoms with Gasteiger partial charge in [-0.2, -0.15) is 0 Å². The van der Waals surface area contributed by atoms with Crippen molar-refractivity contribution in [3.05, 3.63) is 70.3 Å². The van der Waals surface area contributed by atoms with Crippen molar-refractivity contribution in [3.63, 3.8) is 0 Å². The van der Waals surface area contributed by atoms with Gasteiger partial charge in [-0.1, -0.05) is 24.3 Å². The van der Waals surface area contributed by atoms with Crippen LogP contribution in [0.15, 0.2) is 42.5 Å². The fourth-order valence-corrected chi connectivity index (χ4v) is 2.50. The number of amides is 1. The second kappa shape index (κ2) is 5.49. The number of carbonyl (C=O) groups excluding carboxylic acids is 3. The molecule has 3 rings (SSSR count). The minimum Gasteiger partial charge on any atom is -0.480 e. The average molecular weight is 309 g/mol. The van der Waals surface area contributed by atoms with Crippen molar-refractivity contribution in [2.45, 2.75) is 0 Å². The predicted molar refractivity (Wildman–Crippen MR) is 79.7 cm³/mol. The summed E-state index contributed by atoms with van der Waals surface area (Å²) in [5.41, 5.74) is 1.16. The number of hydrogen-bond acceptors (Lipinski definition) is 4. The van der Waals surface area contributed by atoms with E-state index in [-0.39, 0.29) is 28.3 Å². The first-order valence-corrected chi connectivity index (χ1v) is 6.81. The van der Waals surface area contributed by atoms with E-state index in [0.29, 0.717) is 11.1 Å². The highest BCUT2D eigenvalue weighted by atomic mass is 16.4. The summed E-state index contributed by atoms with van der Waals surface area (Å²) in [5, 5.41) is 10.8. The lowest BCUT2D eigenvalue weighted by Gasteiger charge is -2.17. The third kappa shape index (κ3) is 2.50. The maximum Gasteiger partial charge on any atom is 0.322 e. The van der Waals surface area contributed by atoms with Crippen molar-refractivity contribution in [3.8, 4) is 0 Å². The molecule has 0 fully saturated rings. The molecule has 0 saturated heterocycles. The Labute approximate surface area is 130 Å². The van der Waals surface area contributed by atoms with Crippen molar-refractivity contribution < 1.29 is 24.3 Å². The first kappa shape index (κ1) is 14.6. The van der Waals surface area contributed by atoms with E-state index in [1.807, 2.05) is 0 Å². The van der Waals surface area contributed by atoms with Crippen molar-refractivity contribution in [1.29, 1.82) is 0 Å². The second-order valence-electron chi connectivity index (χ2n) is 5.04. The number of benzene rings is 2. The number of ketones is 2. The zero-order valence-electron chi connectivity index (χ0n) is 11.8. The molecule has 0 radical (unpaired) electrons. The van der Waals surface area contributed by atoms with Crippen molar-refractivity contribution in [2.75, 3.05) is 6.54 Å². The Balaban J connectivity index is 2.00. The van der Waals surface area contributed by atoms with Gasteiger partial charge in [0.1, 0.15) is 6.54 Å². The fraction of sp³-hybridized carbons (Fsp3) is 0.0588. The molecular formula is C17H11NO5. The molecule has 0 atom stereocenters. The summed E-state index contributed by atoms with van der Waals surface area (Å²) < 4.78 is 0. The van der Waals surface area contributed by atoms with Crippen LogP contribution in [0.4, 0.5) is 0 Å². The molecule has 1 aliphatic rings. The van der Waals surface area contributed by atoms with Gasteiger partial charge in [0, 0.05) is 27.8 Å². The SMILES string of the molecule is O=C(O)CNC(=O)c1ccc2c(c1)C(=O)c1ccccc1C2=O. The Morgan fingerprint density at radius 2 is 1.43 bits per heavy atom. The van der Waals surface area contributed by atoms with E-state index in [4.69, 9.17) is 5.11 Å². The molecule has 2 aromatic carbocycles. The lowest BCUT2D eigenvalue weighted by atomic mass is 9.83. The summed E-state index contributed by atoms with van der Waals surface area (Å²) in [6.45, 7) is -0.522. The number of carboxylic acid groups (broad SMARTS) is 1. The summed E-state index contributed by atoms with van der Waals surface area (Å²) in [6, 6.07) is 10.6. The fourth-order valence-electron chi connectivity index (χ4n) is 2.50. The van der Waals surface area contributed by atoms with Gasteiger partial charge in [-0.25, -0.2) is 0 Å². The highest BCUT2D eigenvalue weighted by molar-refractivity contribution is 6.28. The standard InChI is InChI=1S/C17H11NO5/c19-14(20)8-18-17(23)9-5-6-12-13(7-9)16(22)11-4-2-1-3-10(11)15(12)21/h1-7H,8H2,(H,18,23)(H,19,20). The van der Waals surface area contributed by atoms with E-state index in [9.17, 15) is 19.2 Å². The van der Waals surface area contributed by atoms with E-state index in [1.54, 1.807) is 24.3 Å². The van der Waals surface area contributed by atoms with Crippen molar-refractivity contribution >= 4 is 23.4 Å². The third-order valence-corrected chi connectivity index (χ3v) is 3.59. The van der Waals surface area contributed by atoms with Gasteiger partial charge in [-0.3, -0.25) is 19.2 Å². The Kier molecular flexibility index (Phi) is 3.50. The molecule has 114 valence electrons. The zero-order valence-corrected chi connectivity index (χ0v) is 11.8. The van der Waals surface area contributed by atoms with E-state index >= 15 is 0 Å². The van der Waals surface area contributed by atoms with Crippen LogP contribution in [-0.4, -0.2) is 35.1 Å². The van der Waals surface area contributed by atoms with E-state index in [2.05, 4.69) is 5.32 Å². The van der Waals surface area contributed by atoms with Gasteiger partial charge in [-0.05, 0) is 18.2 Å². The highest BCUT2D eigenvalue weighted by Crippen LogP contribution is 2.27. The smallest absolute Gasteiger partial charge is 0.322 e. The van der Waals surface area contributed by atoms with Crippen LogP contribution >= 0.6 is 0 Å². The van der Waals surface area contributed by atoms with Gasteiger partial charge in [-0.15, -0.1) is 0 Å². The van der Waals surface area contributed by atoms with Gasteiger partial charge in [0.2, 0.25) is 0 Å². The second-order valence-corrected chi connectivity index (χ2v) is 5.04.